The van der Waals surface area contributed by atoms with Crippen LogP contribution in [0.1, 0.15) is 41.9 Å². The number of nitrogens with zero attached hydrogens (tertiary/aromatic N) is 4. The van der Waals surface area contributed by atoms with Gasteiger partial charge >= 0.3 is 5.97 Å². The molecule has 0 spiro atoms. The number of aryl methyl sites for hydroxylation is 1. The Bertz CT molecular complexity index is 1060. The molecule has 1 atom stereocenters. The number of carbonyl (C=O) groups excluding carboxylic acids is 1. The summed E-state index contributed by atoms with van der Waals surface area (Å²) in [5.41, 5.74) is 1.29. The number of rotatable bonds is 9. The molecule has 3 heterocycles. The molecule has 1 aliphatic rings. The lowest BCUT2D eigenvalue weighted by Crippen LogP contribution is -2.42. The maximum absolute atomic E-state index is 11.9. The molecule has 0 N–H and O–H groups in total. The molecule has 0 saturated carbocycles. The van der Waals surface area contributed by atoms with E-state index in [-0.39, 0.29) is 12.0 Å². The lowest BCUT2D eigenvalue weighted by atomic mass is 10.00. The number of hydrogen-bond acceptors (Lipinski definition) is 6. The van der Waals surface area contributed by atoms with Crippen LogP contribution in [0.5, 0.6) is 0 Å². The Morgan fingerprint density at radius 2 is 2.06 bits per heavy atom. The molecule has 3 aromatic rings. The Morgan fingerprint density at radius 1 is 1.22 bits per heavy atom. The molecule has 1 aromatic carbocycles. The van der Waals surface area contributed by atoms with Crippen LogP contribution in [0.3, 0.4) is 0 Å². The number of likely N-dealkylation sites (tertiary alicyclic amines) is 1. The van der Waals surface area contributed by atoms with Crippen molar-refractivity contribution in [3.05, 3.63) is 68.9 Å². The van der Waals surface area contributed by atoms with Crippen LogP contribution in [0.25, 0.3) is 0 Å². The minimum atomic E-state index is -0.155. The highest BCUT2D eigenvalue weighted by atomic mass is 32.1. The molecule has 1 fully saturated rings. The average molecular weight is 471 g/mol. The first-order chi connectivity index (χ1) is 15.6. The van der Waals surface area contributed by atoms with Crippen LogP contribution >= 0.6 is 23.6 Å². The zero-order chi connectivity index (χ0) is 22.3. The van der Waals surface area contributed by atoms with E-state index in [9.17, 15) is 4.79 Å². The lowest BCUT2D eigenvalue weighted by Gasteiger charge is -2.34. The van der Waals surface area contributed by atoms with Gasteiger partial charge in [0.05, 0.1) is 20.2 Å². The van der Waals surface area contributed by atoms with Gasteiger partial charge in [0.1, 0.15) is 5.82 Å². The van der Waals surface area contributed by atoms with Gasteiger partial charge in [-0.25, -0.2) is 4.68 Å². The summed E-state index contributed by atoms with van der Waals surface area (Å²) in [7, 11) is 1.46. The number of piperidine rings is 1. The maximum Gasteiger partial charge on any atom is 0.307 e. The summed E-state index contributed by atoms with van der Waals surface area (Å²) in [6.45, 7) is 2.35. The summed E-state index contributed by atoms with van der Waals surface area (Å²) in [4.78, 5) is 15.5. The van der Waals surface area contributed by atoms with E-state index in [0.29, 0.717) is 13.1 Å². The van der Waals surface area contributed by atoms with Gasteiger partial charge in [-0.3, -0.25) is 9.69 Å². The number of carbonyl (C=O) groups is 1. The third-order valence-corrected chi connectivity index (χ3v) is 7.38. The van der Waals surface area contributed by atoms with Crippen molar-refractivity contribution < 1.29 is 9.53 Å². The Kier molecular flexibility index (Phi) is 7.89. The smallest absolute Gasteiger partial charge is 0.307 e. The molecule has 6 nitrogen and oxygen atoms in total. The summed E-state index contributed by atoms with van der Waals surface area (Å²) in [6.07, 6.45) is 5.36. The number of hydrogen-bond donors (Lipinski definition) is 0. The second-order valence-electron chi connectivity index (χ2n) is 8.23. The van der Waals surface area contributed by atoms with Crippen LogP contribution < -0.4 is 0 Å². The molecule has 8 heteroatoms. The molecule has 2 aromatic heterocycles. The number of esters is 1. The van der Waals surface area contributed by atoms with Crippen molar-refractivity contribution in [1.82, 2.24) is 19.2 Å². The standard InChI is InChI=1S/C24H30N4O2S2/c1-30-23(29)16-20-10-5-6-13-26(20)18-28-24(31)27(14-12-19-8-3-2-4-9-19)22(25-28)17-21-11-7-15-32-21/h2-4,7-9,11,15,20H,5-6,10,12-14,16-18H2,1H3/t20-/m1/s1. The molecule has 4 rings (SSSR count). The molecule has 32 heavy (non-hydrogen) atoms. The fourth-order valence-electron chi connectivity index (χ4n) is 4.31. The number of benzene rings is 1. The number of aromatic nitrogens is 3. The van der Waals surface area contributed by atoms with Crippen LogP contribution in [0.2, 0.25) is 0 Å². The van der Waals surface area contributed by atoms with Crippen molar-refractivity contribution in [2.75, 3.05) is 13.7 Å². The summed E-state index contributed by atoms with van der Waals surface area (Å²) in [6, 6.07) is 14.9. The highest BCUT2D eigenvalue weighted by molar-refractivity contribution is 7.71. The normalized spacial score (nSPS) is 16.8. The zero-order valence-electron chi connectivity index (χ0n) is 18.5. The van der Waals surface area contributed by atoms with Crippen LogP contribution in [0, 0.1) is 4.77 Å². The van der Waals surface area contributed by atoms with Crippen molar-refractivity contribution in [1.29, 1.82) is 0 Å². The molecule has 0 amide bonds. The number of thiophene rings is 1. The van der Waals surface area contributed by atoms with Gasteiger partial charge in [0.15, 0.2) is 4.77 Å². The first kappa shape index (κ1) is 22.9. The Labute approximate surface area is 198 Å². The Hall–Kier alpha value is -2.29. The van der Waals surface area contributed by atoms with E-state index >= 15 is 0 Å². The number of methoxy groups -OCH3 is 1. The van der Waals surface area contributed by atoms with Crippen molar-refractivity contribution in [2.45, 2.75) is 57.8 Å². The summed E-state index contributed by atoms with van der Waals surface area (Å²) in [5, 5.41) is 7.05. The maximum atomic E-state index is 11.9. The van der Waals surface area contributed by atoms with E-state index in [0.717, 1.165) is 55.8 Å². The Morgan fingerprint density at radius 3 is 2.81 bits per heavy atom. The minimum absolute atomic E-state index is 0.155. The quantitative estimate of drug-likeness (QED) is 0.336. The molecule has 1 saturated heterocycles. The van der Waals surface area contributed by atoms with Crippen LogP contribution in [-0.4, -0.2) is 44.9 Å². The van der Waals surface area contributed by atoms with Crippen LogP contribution in [-0.2, 0) is 35.6 Å². The largest absolute Gasteiger partial charge is 0.469 e. The first-order valence-corrected chi connectivity index (χ1v) is 12.5. The third kappa shape index (κ3) is 5.74. The van der Waals surface area contributed by atoms with E-state index in [1.165, 1.54) is 17.6 Å². The molecule has 0 aliphatic carbocycles. The van der Waals surface area contributed by atoms with Crippen LogP contribution in [0.4, 0.5) is 0 Å². The van der Waals surface area contributed by atoms with Crippen molar-refractivity contribution >= 4 is 29.5 Å². The molecule has 0 radical (unpaired) electrons. The molecular weight excluding hydrogens is 440 g/mol. The van der Waals surface area contributed by atoms with Crippen molar-refractivity contribution in [2.24, 2.45) is 0 Å². The third-order valence-electron chi connectivity index (χ3n) is 6.07. The predicted molar refractivity (Wildman–Crippen MR) is 129 cm³/mol. The monoisotopic (exact) mass is 470 g/mol. The second kappa shape index (κ2) is 11.0. The van der Waals surface area contributed by atoms with Gasteiger partial charge in [-0.1, -0.05) is 42.8 Å². The summed E-state index contributed by atoms with van der Waals surface area (Å²) in [5.74, 6) is 0.840. The Balaban J connectivity index is 1.56. The summed E-state index contributed by atoms with van der Waals surface area (Å²) < 4.78 is 9.79. The molecule has 1 aliphatic heterocycles. The average Bonchev–Trinajstić information content (AvgIpc) is 3.43. The van der Waals surface area contributed by atoms with E-state index in [1.54, 1.807) is 11.3 Å². The topological polar surface area (TPSA) is 52.3 Å². The SMILES string of the molecule is COC(=O)C[C@H]1CCCCN1Cn1nc(Cc2cccs2)n(CCc2ccccc2)c1=S. The van der Waals surface area contributed by atoms with E-state index < -0.39 is 0 Å². The van der Waals surface area contributed by atoms with Gasteiger partial charge in [-0.15, -0.1) is 11.3 Å². The van der Waals surface area contributed by atoms with Crippen LogP contribution in [0.15, 0.2) is 47.8 Å². The predicted octanol–water partition coefficient (Wildman–Crippen LogP) is 4.68. The van der Waals surface area contributed by atoms with Gasteiger partial charge in [0.2, 0.25) is 0 Å². The van der Waals surface area contributed by atoms with E-state index in [4.69, 9.17) is 22.1 Å². The molecule has 170 valence electrons. The highest BCUT2D eigenvalue weighted by Crippen LogP contribution is 2.22. The summed E-state index contributed by atoms with van der Waals surface area (Å²) >= 11 is 7.63. The zero-order valence-corrected chi connectivity index (χ0v) is 20.1. The van der Waals surface area contributed by atoms with Crippen molar-refractivity contribution in [3.63, 3.8) is 0 Å². The first-order valence-electron chi connectivity index (χ1n) is 11.2. The highest BCUT2D eigenvalue weighted by Gasteiger charge is 2.26. The molecular formula is C24H30N4O2S2. The number of ether oxygens (including phenoxy) is 1. The van der Waals surface area contributed by atoms with Gasteiger partial charge in [-0.05, 0) is 48.5 Å². The fraction of sp³-hybridized carbons (Fsp3) is 0.458. The van der Waals surface area contributed by atoms with Gasteiger partial charge in [0.25, 0.3) is 0 Å². The fourth-order valence-corrected chi connectivity index (χ4v) is 5.31. The second-order valence-corrected chi connectivity index (χ2v) is 9.62. The van der Waals surface area contributed by atoms with E-state index in [2.05, 4.69) is 51.2 Å². The van der Waals surface area contributed by atoms with E-state index in [1.807, 2.05) is 10.7 Å². The molecule has 0 unspecified atom stereocenters. The van der Waals surface area contributed by atoms with Gasteiger partial charge < -0.3 is 9.30 Å². The van der Waals surface area contributed by atoms with Gasteiger partial charge in [0, 0.05) is 30.4 Å². The van der Waals surface area contributed by atoms with Crippen molar-refractivity contribution in [3.8, 4) is 0 Å². The molecule has 0 bridgehead atoms. The minimum Gasteiger partial charge on any atom is -0.469 e. The van der Waals surface area contributed by atoms with Gasteiger partial charge in [-0.2, -0.15) is 5.10 Å². The lowest BCUT2D eigenvalue weighted by molar-refractivity contribution is -0.142.